The molecule has 1 aromatic heterocycles. The molecule has 1 nitrogen and oxygen atoms in total. The maximum atomic E-state index is 6.43. The molecule has 5 atom stereocenters. The summed E-state index contributed by atoms with van der Waals surface area (Å²) in [6.45, 7) is 5.02. The third-order valence-electron chi connectivity index (χ3n) is 10.1. The molecule has 4 aromatic carbocycles. The van der Waals surface area contributed by atoms with Crippen LogP contribution in [0, 0.1) is 23.7 Å². The van der Waals surface area contributed by atoms with Gasteiger partial charge < -0.3 is 4.42 Å². The van der Waals surface area contributed by atoms with E-state index in [9.17, 15) is 0 Å². The molecule has 0 saturated heterocycles. The van der Waals surface area contributed by atoms with Crippen molar-refractivity contribution < 1.29 is 4.42 Å². The molecule has 184 valence electrons. The Morgan fingerprint density at radius 2 is 1.54 bits per heavy atom. The first-order valence-electron chi connectivity index (χ1n) is 13.9. The van der Waals surface area contributed by atoms with Crippen molar-refractivity contribution in [2.45, 2.75) is 44.9 Å². The molecular formula is C35H31ClO. The van der Waals surface area contributed by atoms with Gasteiger partial charge in [0.2, 0.25) is 0 Å². The van der Waals surface area contributed by atoms with Crippen LogP contribution >= 0.6 is 11.6 Å². The SMILES string of the molecule is CC1CC2CC(C)C3(c4ccccc4-c4cc(-c5ccc6c(c5)oc5c(Cl)cccc56)ccc43)C(C1)C2. The van der Waals surface area contributed by atoms with E-state index in [2.05, 4.69) is 80.6 Å². The van der Waals surface area contributed by atoms with Crippen LogP contribution in [0.25, 0.3) is 44.2 Å². The topological polar surface area (TPSA) is 13.1 Å². The fraction of sp³-hybridized carbons (Fsp3) is 0.314. The number of benzene rings is 4. The van der Waals surface area contributed by atoms with E-state index < -0.39 is 0 Å². The van der Waals surface area contributed by atoms with Crippen LogP contribution in [0.3, 0.4) is 0 Å². The highest BCUT2D eigenvalue weighted by molar-refractivity contribution is 6.35. The third-order valence-corrected chi connectivity index (χ3v) is 10.4. The Kier molecular flexibility index (Phi) is 4.60. The monoisotopic (exact) mass is 502 g/mol. The van der Waals surface area contributed by atoms with E-state index in [0.717, 1.165) is 39.7 Å². The molecule has 1 heterocycles. The Morgan fingerprint density at radius 3 is 2.46 bits per heavy atom. The number of hydrogen-bond donors (Lipinski definition) is 0. The minimum absolute atomic E-state index is 0.148. The summed E-state index contributed by atoms with van der Waals surface area (Å²) in [4.78, 5) is 0. The summed E-state index contributed by atoms with van der Waals surface area (Å²) < 4.78 is 6.22. The summed E-state index contributed by atoms with van der Waals surface area (Å²) in [5.41, 5.74) is 10.3. The second-order valence-electron chi connectivity index (χ2n) is 12.1. The van der Waals surface area contributed by atoms with Crippen molar-refractivity contribution in [3.05, 3.63) is 95.0 Å². The summed E-state index contributed by atoms with van der Waals surface area (Å²) in [6, 6.07) is 29.1. The molecule has 2 fully saturated rings. The minimum Gasteiger partial charge on any atom is -0.454 e. The number of rotatable bonds is 1. The molecule has 3 aliphatic rings. The minimum atomic E-state index is 0.148. The maximum Gasteiger partial charge on any atom is 0.153 e. The van der Waals surface area contributed by atoms with Gasteiger partial charge in [-0.05, 0) is 107 Å². The van der Waals surface area contributed by atoms with Crippen LogP contribution in [0.1, 0.15) is 50.7 Å². The Labute approximate surface area is 223 Å². The zero-order valence-electron chi connectivity index (χ0n) is 21.4. The number of furan rings is 1. The normalized spacial score (nSPS) is 28.1. The lowest BCUT2D eigenvalue weighted by atomic mass is 9.49. The van der Waals surface area contributed by atoms with Crippen molar-refractivity contribution >= 4 is 33.5 Å². The summed E-state index contributed by atoms with van der Waals surface area (Å²) >= 11 is 6.43. The molecule has 0 radical (unpaired) electrons. The molecule has 0 amide bonds. The third kappa shape index (κ3) is 2.93. The molecule has 5 aromatic rings. The first-order chi connectivity index (χ1) is 18.0. The van der Waals surface area contributed by atoms with Gasteiger partial charge in [0.25, 0.3) is 0 Å². The quantitative estimate of drug-likeness (QED) is 0.222. The highest BCUT2D eigenvalue weighted by Crippen LogP contribution is 2.64. The van der Waals surface area contributed by atoms with Gasteiger partial charge in [-0.25, -0.2) is 0 Å². The molecule has 2 heteroatoms. The first-order valence-corrected chi connectivity index (χ1v) is 14.3. The lowest BCUT2D eigenvalue weighted by Crippen LogP contribution is -2.49. The zero-order chi connectivity index (χ0) is 24.9. The Hall–Kier alpha value is -3.03. The lowest BCUT2D eigenvalue weighted by Gasteiger charge is -2.54. The molecule has 1 spiro atoms. The van der Waals surface area contributed by atoms with E-state index in [4.69, 9.17) is 16.0 Å². The second kappa shape index (κ2) is 7.74. The maximum absolute atomic E-state index is 6.43. The summed E-state index contributed by atoms with van der Waals surface area (Å²) in [7, 11) is 0. The fourth-order valence-electron chi connectivity index (χ4n) is 8.84. The van der Waals surface area contributed by atoms with Gasteiger partial charge in [0.1, 0.15) is 5.58 Å². The van der Waals surface area contributed by atoms with Crippen molar-refractivity contribution in [2.75, 3.05) is 0 Å². The van der Waals surface area contributed by atoms with Crippen molar-refractivity contribution in [2.24, 2.45) is 23.7 Å². The summed E-state index contributed by atoms with van der Waals surface area (Å²) in [5.74, 6) is 3.12. The van der Waals surface area contributed by atoms with Gasteiger partial charge in [-0.2, -0.15) is 0 Å². The number of halogens is 1. The molecule has 5 unspecified atom stereocenters. The predicted molar refractivity (Wildman–Crippen MR) is 154 cm³/mol. The lowest BCUT2D eigenvalue weighted by molar-refractivity contribution is 0.0426. The molecular weight excluding hydrogens is 472 g/mol. The molecule has 2 bridgehead atoms. The van der Waals surface area contributed by atoms with Gasteiger partial charge in [-0.15, -0.1) is 0 Å². The van der Waals surface area contributed by atoms with E-state index >= 15 is 0 Å². The van der Waals surface area contributed by atoms with Gasteiger partial charge in [-0.1, -0.05) is 80.0 Å². The number of para-hydroxylation sites is 1. The van der Waals surface area contributed by atoms with Crippen LogP contribution in [-0.2, 0) is 5.41 Å². The standard InChI is InChI=1S/C35H31ClO/c1-20-14-22-16-21(2)35(25(15-20)17-22)30-8-4-3-6-26(30)29-18-23(11-13-31(29)35)24-10-12-27-28-7-5-9-32(36)34(28)37-33(27)19-24/h3-13,18-22,25H,14-17H2,1-2H3. The van der Waals surface area contributed by atoms with Crippen LogP contribution < -0.4 is 0 Å². The van der Waals surface area contributed by atoms with Crippen molar-refractivity contribution in [1.29, 1.82) is 0 Å². The smallest absolute Gasteiger partial charge is 0.153 e. The Balaban J connectivity index is 1.31. The molecule has 8 rings (SSSR count). The molecule has 2 saturated carbocycles. The van der Waals surface area contributed by atoms with Gasteiger partial charge in [0.15, 0.2) is 5.58 Å². The molecule has 3 aliphatic carbocycles. The van der Waals surface area contributed by atoms with Crippen LogP contribution in [0.5, 0.6) is 0 Å². The molecule has 0 aliphatic heterocycles. The van der Waals surface area contributed by atoms with Gasteiger partial charge >= 0.3 is 0 Å². The van der Waals surface area contributed by atoms with Crippen LogP contribution in [0.15, 0.2) is 83.3 Å². The van der Waals surface area contributed by atoms with E-state index in [-0.39, 0.29) is 5.41 Å². The second-order valence-corrected chi connectivity index (χ2v) is 12.5. The highest BCUT2D eigenvalue weighted by Gasteiger charge is 2.56. The van der Waals surface area contributed by atoms with E-state index in [1.54, 1.807) is 11.1 Å². The fourth-order valence-corrected chi connectivity index (χ4v) is 9.06. The van der Waals surface area contributed by atoms with Gasteiger partial charge in [0, 0.05) is 16.2 Å². The molecule has 0 N–H and O–H groups in total. The zero-order valence-corrected chi connectivity index (χ0v) is 22.2. The van der Waals surface area contributed by atoms with Crippen molar-refractivity contribution in [3.63, 3.8) is 0 Å². The van der Waals surface area contributed by atoms with Crippen LogP contribution in [0.2, 0.25) is 5.02 Å². The Morgan fingerprint density at radius 1 is 0.730 bits per heavy atom. The van der Waals surface area contributed by atoms with Crippen molar-refractivity contribution in [1.82, 2.24) is 0 Å². The van der Waals surface area contributed by atoms with E-state index in [1.807, 2.05) is 12.1 Å². The van der Waals surface area contributed by atoms with Crippen molar-refractivity contribution in [3.8, 4) is 22.3 Å². The number of hydrogen-bond acceptors (Lipinski definition) is 1. The van der Waals surface area contributed by atoms with Crippen LogP contribution in [-0.4, -0.2) is 0 Å². The Bertz CT molecular complexity index is 1710. The van der Waals surface area contributed by atoms with Gasteiger partial charge in [0.05, 0.1) is 5.02 Å². The van der Waals surface area contributed by atoms with Crippen LogP contribution in [0.4, 0.5) is 0 Å². The summed E-state index contributed by atoms with van der Waals surface area (Å²) in [6.07, 6.45) is 5.50. The van der Waals surface area contributed by atoms with E-state index in [1.165, 1.54) is 47.9 Å². The van der Waals surface area contributed by atoms with E-state index in [0.29, 0.717) is 10.9 Å². The first kappa shape index (κ1) is 22.0. The van der Waals surface area contributed by atoms with Gasteiger partial charge in [-0.3, -0.25) is 0 Å². The average Bonchev–Trinajstić information content (AvgIpc) is 3.42. The number of fused-ring (bicyclic) bond motifs is 11. The highest BCUT2D eigenvalue weighted by atomic mass is 35.5. The largest absolute Gasteiger partial charge is 0.454 e. The summed E-state index contributed by atoms with van der Waals surface area (Å²) in [5, 5.41) is 2.85. The average molecular weight is 503 g/mol. The predicted octanol–water partition coefficient (Wildman–Crippen LogP) is 10.3. The molecule has 37 heavy (non-hydrogen) atoms.